The van der Waals surface area contributed by atoms with Gasteiger partial charge in [-0.1, -0.05) is 12.2 Å². The van der Waals surface area contributed by atoms with E-state index in [1.807, 2.05) is 13.8 Å². The molecule has 86 valence electrons. The quantitative estimate of drug-likeness (QED) is 0.713. The van der Waals surface area contributed by atoms with Crippen LogP contribution in [0.25, 0.3) is 0 Å². The molecule has 0 spiro atoms. The minimum absolute atomic E-state index is 0.0914. The molecule has 0 saturated heterocycles. The summed E-state index contributed by atoms with van der Waals surface area (Å²) in [5.41, 5.74) is 0. The van der Waals surface area contributed by atoms with Crippen molar-refractivity contribution < 1.29 is 9.53 Å². The predicted molar refractivity (Wildman–Crippen MR) is 60.8 cm³/mol. The molecule has 1 rings (SSSR count). The Morgan fingerprint density at radius 1 is 1.33 bits per heavy atom. The number of hydrogen-bond donors (Lipinski definition) is 1. The first kappa shape index (κ1) is 12.1. The second-order valence-electron chi connectivity index (χ2n) is 4.31. The molecule has 0 aromatic rings. The maximum atomic E-state index is 11.4. The van der Waals surface area contributed by atoms with Gasteiger partial charge in [0.05, 0.1) is 0 Å². The van der Waals surface area contributed by atoms with Crippen LogP contribution in [-0.2, 0) is 4.74 Å². The van der Waals surface area contributed by atoms with Gasteiger partial charge in [-0.2, -0.15) is 0 Å². The Morgan fingerprint density at radius 3 is 2.80 bits per heavy atom. The van der Waals surface area contributed by atoms with Crippen LogP contribution in [0.4, 0.5) is 4.79 Å². The van der Waals surface area contributed by atoms with Crippen molar-refractivity contribution in [2.24, 2.45) is 0 Å². The summed E-state index contributed by atoms with van der Waals surface area (Å²) in [6, 6.07) is 0.144. The molecule has 1 unspecified atom stereocenters. The van der Waals surface area contributed by atoms with Gasteiger partial charge in [0, 0.05) is 6.04 Å². The molecule has 0 bridgehead atoms. The Balaban J connectivity index is 2.29. The summed E-state index contributed by atoms with van der Waals surface area (Å²) in [6.07, 6.45) is 9.35. The van der Waals surface area contributed by atoms with Gasteiger partial charge in [0.1, 0.15) is 6.10 Å². The lowest BCUT2D eigenvalue weighted by atomic mass is 10.0. The van der Waals surface area contributed by atoms with E-state index in [9.17, 15) is 4.79 Å². The zero-order valence-corrected chi connectivity index (χ0v) is 9.66. The zero-order valence-electron chi connectivity index (χ0n) is 9.66. The highest BCUT2D eigenvalue weighted by molar-refractivity contribution is 5.67. The number of hydrogen-bond acceptors (Lipinski definition) is 2. The van der Waals surface area contributed by atoms with Crippen molar-refractivity contribution in [1.29, 1.82) is 0 Å². The van der Waals surface area contributed by atoms with Crippen LogP contribution in [0.2, 0.25) is 0 Å². The van der Waals surface area contributed by atoms with Crippen LogP contribution in [-0.4, -0.2) is 18.2 Å². The largest absolute Gasteiger partial charge is 0.446 e. The molecule has 1 N–H and O–H groups in total. The highest BCUT2D eigenvalue weighted by Crippen LogP contribution is 2.15. The van der Waals surface area contributed by atoms with E-state index >= 15 is 0 Å². The smallest absolute Gasteiger partial charge is 0.407 e. The molecule has 15 heavy (non-hydrogen) atoms. The Hall–Kier alpha value is -0.990. The van der Waals surface area contributed by atoms with Crippen LogP contribution in [0.1, 0.15) is 46.0 Å². The lowest BCUT2D eigenvalue weighted by Crippen LogP contribution is -2.33. The molecule has 0 aromatic carbocycles. The molecule has 0 aliphatic heterocycles. The second kappa shape index (κ2) is 6.49. The van der Waals surface area contributed by atoms with Gasteiger partial charge >= 0.3 is 6.09 Å². The van der Waals surface area contributed by atoms with Crippen molar-refractivity contribution in [3.63, 3.8) is 0 Å². The van der Waals surface area contributed by atoms with Crippen molar-refractivity contribution in [3.8, 4) is 0 Å². The van der Waals surface area contributed by atoms with E-state index in [1.54, 1.807) is 0 Å². The molecule has 1 atom stereocenters. The number of carbonyl (C=O) groups excluding carboxylic acids is 1. The molecule has 1 aliphatic rings. The molecule has 3 heteroatoms. The average Bonchev–Trinajstić information content (AvgIpc) is 2.08. The number of rotatable bonds is 2. The molecular weight excluding hydrogens is 190 g/mol. The highest BCUT2D eigenvalue weighted by atomic mass is 16.6. The van der Waals surface area contributed by atoms with Gasteiger partial charge in [-0.3, -0.25) is 0 Å². The molecule has 0 saturated carbocycles. The third kappa shape index (κ3) is 5.45. The van der Waals surface area contributed by atoms with Crippen molar-refractivity contribution in [2.45, 2.75) is 58.1 Å². The number of ether oxygens (including phenoxy) is 1. The Kier molecular flexibility index (Phi) is 5.22. The van der Waals surface area contributed by atoms with Crippen LogP contribution < -0.4 is 5.32 Å². The fourth-order valence-corrected chi connectivity index (χ4v) is 1.66. The third-order valence-electron chi connectivity index (χ3n) is 2.40. The normalized spacial score (nSPS) is 24.1. The molecule has 3 nitrogen and oxygen atoms in total. The van der Waals surface area contributed by atoms with Gasteiger partial charge in [-0.25, -0.2) is 4.79 Å². The van der Waals surface area contributed by atoms with E-state index in [1.165, 1.54) is 0 Å². The second-order valence-corrected chi connectivity index (χ2v) is 4.31. The molecule has 1 aliphatic carbocycles. The lowest BCUT2D eigenvalue weighted by Gasteiger charge is -2.19. The number of alkyl carbamates (subject to hydrolysis) is 1. The van der Waals surface area contributed by atoms with Crippen LogP contribution in [0.15, 0.2) is 12.2 Å². The molecular formula is C12H21NO2. The van der Waals surface area contributed by atoms with E-state index < -0.39 is 0 Å². The van der Waals surface area contributed by atoms with E-state index in [-0.39, 0.29) is 18.2 Å². The summed E-state index contributed by atoms with van der Waals surface area (Å²) in [5.74, 6) is 0. The molecule has 0 fully saturated rings. The summed E-state index contributed by atoms with van der Waals surface area (Å²) in [6.45, 7) is 3.87. The highest BCUT2D eigenvalue weighted by Gasteiger charge is 2.14. The van der Waals surface area contributed by atoms with Crippen LogP contribution in [0, 0.1) is 0 Å². The Labute approximate surface area is 91.9 Å². The monoisotopic (exact) mass is 211 g/mol. The summed E-state index contributed by atoms with van der Waals surface area (Å²) >= 11 is 0. The number of amides is 1. The van der Waals surface area contributed by atoms with E-state index in [0.29, 0.717) is 0 Å². The maximum Gasteiger partial charge on any atom is 0.407 e. The Bertz CT molecular complexity index is 224. The van der Waals surface area contributed by atoms with Crippen LogP contribution in [0.3, 0.4) is 0 Å². The SMILES string of the molecule is CC(C)NC(=O)OC1CC/C=C/CCC1. The van der Waals surface area contributed by atoms with Crippen molar-refractivity contribution >= 4 is 6.09 Å². The van der Waals surface area contributed by atoms with Crippen molar-refractivity contribution in [3.05, 3.63) is 12.2 Å². The first-order valence-electron chi connectivity index (χ1n) is 5.80. The first-order chi connectivity index (χ1) is 7.18. The fraction of sp³-hybridized carbons (Fsp3) is 0.750. The third-order valence-corrected chi connectivity index (χ3v) is 2.40. The maximum absolute atomic E-state index is 11.4. The van der Waals surface area contributed by atoms with Crippen molar-refractivity contribution in [2.75, 3.05) is 0 Å². The van der Waals surface area contributed by atoms with Crippen molar-refractivity contribution in [1.82, 2.24) is 5.32 Å². The predicted octanol–water partition coefficient (Wildman–Crippen LogP) is 3.01. The lowest BCUT2D eigenvalue weighted by molar-refractivity contribution is 0.0846. The van der Waals surface area contributed by atoms with E-state index in [4.69, 9.17) is 4.74 Å². The summed E-state index contributed by atoms with van der Waals surface area (Å²) < 4.78 is 5.35. The number of carbonyl (C=O) groups is 1. The van der Waals surface area contributed by atoms with Gasteiger partial charge in [0.15, 0.2) is 0 Å². The van der Waals surface area contributed by atoms with E-state index in [0.717, 1.165) is 32.1 Å². The Morgan fingerprint density at radius 2 is 2.07 bits per heavy atom. The van der Waals surface area contributed by atoms with Gasteiger partial charge in [0.2, 0.25) is 0 Å². The zero-order chi connectivity index (χ0) is 11.1. The fourth-order valence-electron chi connectivity index (χ4n) is 1.66. The minimum Gasteiger partial charge on any atom is -0.446 e. The van der Waals surface area contributed by atoms with Crippen LogP contribution in [0.5, 0.6) is 0 Å². The molecule has 0 radical (unpaired) electrons. The minimum atomic E-state index is -0.278. The number of nitrogens with one attached hydrogen (secondary N) is 1. The summed E-state index contributed by atoms with van der Waals surface area (Å²) in [4.78, 5) is 11.4. The number of allylic oxidation sites excluding steroid dienone is 2. The average molecular weight is 211 g/mol. The first-order valence-corrected chi connectivity index (χ1v) is 5.80. The van der Waals surface area contributed by atoms with Gasteiger partial charge < -0.3 is 10.1 Å². The van der Waals surface area contributed by atoms with Crippen LogP contribution >= 0.6 is 0 Å². The van der Waals surface area contributed by atoms with E-state index in [2.05, 4.69) is 17.5 Å². The summed E-state index contributed by atoms with van der Waals surface area (Å²) in [5, 5.41) is 2.75. The van der Waals surface area contributed by atoms with Gasteiger partial charge in [0.25, 0.3) is 0 Å². The molecule has 0 heterocycles. The molecule has 0 aromatic heterocycles. The van der Waals surface area contributed by atoms with Gasteiger partial charge in [-0.05, 0) is 46.0 Å². The van der Waals surface area contributed by atoms with Gasteiger partial charge in [-0.15, -0.1) is 0 Å². The topological polar surface area (TPSA) is 38.3 Å². The summed E-state index contributed by atoms with van der Waals surface area (Å²) in [7, 11) is 0. The standard InChI is InChI=1S/C12H21NO2/c1-10(2)13-12(14)15-11-8-6-4-3-5-7-9-11/h3-4,10-11H,5-9H2,1-2H3,(H,13,14)/b4-3+. The molecule has 1 amide bonds.